The summed E-state index contributed by atoms with van der Waals surface area (Å²) in [6, 6.07) is -0.229. The molecule has 1 saturated heterocycles. The number of rotatable bonds is 0. The lowest BCUT2D eigenvalue weighted by Crippen LogP contribution is -2.60. The van der Waals surface area contributed by atoms with Crippen LogP contribution in [0.2, 0.25) is 0 Å². The third-order valence-electron chi connectivity index (χ3n) is 3.93. The summed E-state index contributed by atoms with van der Waals surface area (Å²) >= 11 is 0. The Bertz CT molecular complexity index is 387. The SMILES string of the molecule is CN1C(=O)C2C=CC1C1C=CC2N(C)C1=O. The van der Waals surface area contributed by atoms with E-state index in [2.05, 4.69) is 0 Å². The van der Waals surface area contributed by atoms with Gasteiger partial charge >= 0.3 is 0 Å². The van der Waals surface area contributed by atoms with E-state index in [0.717, 1.165) is 0 Å². The molecule has 0 aromatic rings. The number of hydrogen-bond donors (Lipinski definition) is 0. The van der Waals surface area contributed by atoms with E-state index >= 15 is 0 Å². The third-order valence-corrected chi connectivity index (χ3v) is 3.93. The van der Waals surface area contributed by atoms with Gasteiger partial charge in [-0.2, -0.15) is 0 Å². The summed E-state index contributed by atoms with van der Waals surface area (Å²) in [6.45, 7) is 0. The second-order valence-corrected chi connectivity index (χ2v) is 4.70. The number of carbonyl (C=O) groups is 2. The molecule has 4 atom stereocenters. The summed E-state index contributed by atoms with van der Waals surface area (Å²) < 4.78 is 0. The first-order chi connectivity index (χ1) is 7.61. The van der Waals surface area contributed by atoms with Crippen molar-refractivity contribution in [2.75, 3.05) is 14.1 Å². The highest BCUT2D eigenvalue weighted by molar-refractivity contribution is 5.91. The van der Waals surface area contributed by atoms with Crippen LogP contribution < -0.4 is 0 Å². The third kappa shape index (κ3) is 0.991. The average Bonchev–Trinajstić information content (AvgIpc) is 2.23. The molecule has 4 heteroatoms. The first-order valence-corrected chi connectivity index (χ1v) is 5.51. The fraction of sp³-hybridized carbons (Fsp3) is 0.500. The maximum absolute atomic E-state index is 12.1. The summed E-state index contributed by atoms with van der Waals surface area (Å²) in [5.74, 6) is -0.196. The van der Waals surface area contributed by atoms with Crippen LogP contribution in [0.25, 0.3) is 0 Å². The molecular formula is C12H14N2O2. The van der Waals surface area contributed by atoms with Gasteiger partial charge < -0.3 is 9.80 Å². The minimum atomic E-state index is -0.215. The number of nitrogens with zero attached hydrogens (tertiary/aromatic N) is 2. The molecule has 0 saturated carbocycles. The Labute approximate surface area is 94.2 Å². The zero-order valence-electron chi connectivity index (χ0n) is 9.33. The molecule has 6 aliphatic rings. The molecule has 0 aromatic heterocycles. The van der Waals surface area contributed by atoms with Crippen molar-refractivity contribution in [2.45, 2.75) is 12.1 Å². The van der Waals surface area contributed by atoms with Crippen LogP contribution in [0.5, 0.6) is 0 Å². The number of likely N-dealkylation sites (N-methyl/N-ethyl adjacent to an activating group) is 2. The lowest BCUT2D eigenvalue weighted by Gasteiger charge is -2.47. The number of amides is 2. The Balaban J connectivity index is 2.17. The molecule has 0 aromatic carbocycles. The van der Waals surface area contributed by atoms with Gasteiger partial charge in [-0.1, -0.05) is 24.3 Å². The monoisotopic (exact) mass is 218 g/mol. The Hall–Kier alpha value is -1.58. The van der Waals surface area contributed by atoms with Gasteiger partial charge in [0.2, 0.25) is 11.8 Å². The number of carbonyl (C=O) groups excluding carboxylic acids is 2. The van der Waals surface area contributed by atoms with Gasteiger partial charge in [-0.15, -0.1) is 0 Å². The van der Waals surface area contributed by atoms with Crippen LogP contribution >= 0.6 is 0 Å². The maximum Gasteiger partial charge on any atom is 0.232 e. The zero-order chi connectivity index (χ0) is 11.4. The molecule has 84 valence electrons. The van der Waals surface area contributed by atoms with Gasteiger partial charge in [0.1, 0.15) is 0 Å². The van der Waals surface area contributed by atoms with Crippen molar-refractivity contribution in [3.63, 3.8) is 0 Å². The van der Waals surface area contributed by atoms with E-state index < -0.39 is 0 Å². The molecule has 4 nitrogen and oxygen atoms in total. The fourth-order valence-electron chi connectivity index (χ4n) is 2.90. The van der Waals surface area contributed by atoms with Crippen LogP contribution in [0.4, 0.5) is 0 Å². The fourth-order valence-corrected chi connectivity index (χ4v) is 2.90. The second-order valence-electron chi connectivity index (χ2n) is 4.70. The second kappa shape index (κ2) is 2.97. The molecule has 5 heterocycles. The minimum Gasteiger partial charge on any atom is -0.338 e. The highest BCUT2D eigenvalue weighted by Gasteiger charge is 2.47. The van der Waals surface area contributed by atoms with E-state index in [1.807, 2.05) is 24.3 Å². The smallest absolute Gasteiger partial charge is 0.232 e. The van der Waals surface area contributed by atoms with Gasteiger partial charge in [0.05, 0.1) is 23.9 Å². The van der Waals surface area contributed by atoms with E-state index in [4.69, 9.17) is 0 Å². The molecule has 0 radical (unpaired) electrons. The topological polar surface area (TPSA) is 40.6 Å². The van der Waals surface area contributed by atoms with Crippen molar-refractivity contribution in [1.82, 2.24) is 9.80 Å². The van der Waals surface area contributed by atoms with Crippen molar-refractivity contribution in [3.8, 4) is 0 Å². The molecule has 4 bridgehead atoms. The first-order valence-electron chi connectivity index (χ1n) is 5.51. The van der Waals surface area contributed by atoms with Crippen molar-refractivity contribution in [3.05, 3.63) is 24.3 Å². The molecule has 4 unspecified atom stereocenters. The van der Waals surface area contributed by atoms with Gasteiger partial charge in [-0.05, 0) is 0 Å². The Kier molecular flexibility index (Phi) is 1.79. The Morgan fingerprint density at radius 2 is 1.19 bits per heavy atom. The highest BCUT2D eigenvalue weighted by Crippen LogP contribution is 2.34. The molecule has 16 heavy (non-hydrogen) atoms. The van der Waals surface area contributed by atoms with Crippen LogP contribution in [0.3, 0.4) is 0 Å². The standard InChI is InChI=1S/C12H14N2O2/c1-13-9-5-3-8(11(13)15)10-6-4-7(9)12(16)14(10)2/h3-10H,1-2H3. The van der Waals surface area contributed by atoms with Crippen molar-refractivity contribution >= 4 is 11.8 Å². The molecule has 5 aliphatic heterocycles. The van der Waals surface area contributed by atoms with E-state index in [1.165, 1.54) is 0 Å². The van der Waals surface area contributed by atoms with Crippen molar-refractivity contribution in [1.29, 1.82) is 0 Å². The predicted octanol–water partition coefficient (Wildman–Crippen LogP) is 0.0260. The van der Waals surface area contributed by atoms with Crippen LogP contribution in [0.1, 0.15) is 0 Å². The summed E-state index contributed by atoms with van der Waals surface area (Å²) in [7, 11) is 3.57. The number of hydrogen-bond acceptors (Lipinski definition) is 2. The van der Waals surface area contributed by atoms with Crippen LogP contribution in [0.15, 0.2) is 24.3 Å². The quantitative estimate of drug-likeness (QED) is 0.538. The Morgan fingerprint density at radius 1 is 0.812 bits per heavy atom. The molecule has 0 spiro atoms. The average molecular weight is 218 g/mol. The molecule has 1 aliphatic carbocycles. The van der Waals surface area contributed by atoms with Gasteiger partial charge in [0.25, 0.3) is 0 Å². The normalized spacial score (nSPS) is 40.6. The van der Waals surface area contributed by atoms with E-state index in [9.17, 15) is 9.59 Å². The van der Waals surface area contributed by atoms with Gasteiger partial charge in [-0.25, -0.2) is 0 Å². The summed E-state index contributed by atoms with van der Waals surface area (Å²) in [5.41, 5.74) is 0. The molecular weight excluding hydrogens is 204 g/mol. The summed E-state index contributed by atoms with van der Waals surface area (Å²) in [6.07, 6.45) is 7.91. The maximum atomic E-state index is 12.1. The van der Waals surface area contributed by atoms with Crippen LogP contribution in [0, 0.1) is 11.8 Å². The Morgan fingerprint density at radius 3 is 1.56 bits per heavy atom. The van der Waals surface area contributed by atoms with E-state index in [-0.39, 0.29) is 35.7 Å². The van der Waals surface area contributed by atoms with Crippen LogP contribution in [-0.4, -0.2) is 47.8 Å². The summed E-state index contributed by atoms with van der Waals surface area (Å²) in [4.78, 5) is 27.6. The lowest BCUT2D eigenvalue weighted by atomic mass is 9.79. The molecule has 1 fully saturated rings. The van der Waals surface area contributed by atoms with Gasteiger partial charge in [-0.3, -0.25) is 9.59 Å². The summed E-state index contributed by atoms with van der Waals surface area (Å²) in [5, 5.41) is 0. The van der Waals surface area contributed by atoms with Crippen molar-refractivity contribution in [2.24, 2.45) is 11.8 Å². The largest absolute Gasteiger partial charge is 0.338 e. The van der Waals surface area contributed by atoms with E-state index in [1.54, 1.807) is 23.9 Å². The van der Waals surface area contributed by atoms with Gasteiger partial charge in [0.15, 0.2) is 0 Å². The molecule has 6 rings (SSSR count). The van der Waals surface area contributed by atoms with Gasteiger partial charge in [0, 0.05) is 14.1 Å². The lowest BCUT2D eigenvalue weighted by molar-refractivity contribution is -0.148. The predicted molar refractivity (Wildman–Crippen MR) is 58.4 cm³/mol. The minimum absolute atomic E-state index is 0.115. The molecule has 0 N–H and O–H groups in total. The highest BCUT2D eigenvalue weighted by atomic mass is 16.2. The molecule has 2 amide bonds. The van der Waals surface area contributed by atoms with Crippen molar-refractivity contribution < 1.29 is 9.59 Å². The van der Waals surface area contributed by atoms with E-state index in [0.29, 0.717) is 0 Å². The first kappa shape index (κ1) is 9.63. The van der Waals surface area contributed by atoms with Crippen LogP contribution in [-0.2, 0) is 9.59 Å². The zero-order valence-corrected chi connectivity index (χ0v) is 9.33.